The number of alkyl carbamates (subject to hydrolysis) is 1. The van der Waals surface area contributed by atoms with Crippen LogP contribution < -0.4 is 32.7 Å². The second-order valence-corrected chi connectivity index (χ2v) is 10.3. The third-order valence-corrected chi connectivity index (χ3v) is 6.05. The van der Waals surface area contributed by atoms with Crippen molar-refractivity contribution >= 4 is 29.7 Å². The topological polar surface area (TPSA) is 215 Å². The monoisotopic (exact) mass is 584 g/mol. The van der Waals surface area contributed by atoms with Crippen LogP contribution in [0, 0.1) is 5.92 Å². The van der Waals surface area contributed by atoms with Crippen molar-refractivity contribution in [2.24, 2.45) is 17.4 Å². The largest absolute Gasteiger partial charge is 0.508 e. The molecule has 2 aromatic carbocycles. The highest BCUT2D eigenvalue weighted by atomic mass is 16.5. The molecule has 42 heavy (non-hydrogen) atoms. The quantitative estimate of drug-likeness (QED) is 0.140. The summed E-state index contributed by atoms with van der Waals surface area (Å²) in [4.78, 5) is 61.0. The van der Waals surface area contributed by atoms with Gasteiger partial charge in [0.05, 0.1) is 25.2 Å². The Morgan fingerprint density at radius 1 is 0.833 bits per heavy atom. The number of carbonyl (C=O) groups is 5. The first-order valence-corrected chi connectivity index (χ1v) is 13.6. The third-order valence-electron chi connectivity index (χ3n) is 6.05. The van der Waals surface area contributed by atoms with Crippen molar-refractivity contribution in [1.29, 1.82) is 0 Å². The Morgan fingerprint density at radius 2 is 1.45 bits per heavy atom. The lowest BCUT2D eigenvalue weighted by molar-refractivity contribution is -0.128. The molecular formula is C29H40N6O7. The second-order valence-electron chi connectivity index (χ2n) is 10.3. The number of benzene rings is 2. The maximum absolute atomic E-state index is 12.6. The van der Waals surface area contributed by atoms with Crippen molar-refractivity contribution in [3.05, 3.63) is 65.7 Å². The number of hydrogen-bond donors (Lipinski definition) is 7. The van der Waals surface area contributed by atoms with Gasteiger partial charge in [-0.15, -0.1) is 0 Å². The van der Waals surface area contributed by atoms with Gasteiger partial charge in [-0.25, -0.2) is 4.79 Å². The van der Waals surface area contributed by atoms with Crippen LogP contribution in [-0.4, -0.2) is 72.7 Å². The van der Waals surface area contributed by atoms with Crippen molar-refractivity contribution in [2.45, 2.75) is 51.2 Å². The fraction of sp³-hybridized carbons (Fsp3) is 0.414. The smallest absolute Gasteiger partial charge is 0.407 e. The number of carbonyl (C=O) groups excluding carboxylic acids is 5. The van der Waals surface area contributed by atoms with E-state index < -0.39 is 47.8 Å². The van der Waals surface area contributed by atoms with Gasteiger partial charge in [-0.05, 0) is 48.4 Å². The first-order valence-electron chi connectivity index (χ1n) is 13.6. The first-order chi connectivity index (χ1) is 19.9. The molecule has 9 N–H and O–H groups in total. The fourth-order valence-electron chi connectivity index (χ4n) is 3.93. The number of phenolic OH excluding ortho intramolecular Hbond substituents is 1. The number of nitrogens with two attached hydrogens (primary N) is 2. The lowest BCUT2D eigenvalue weighted by atomic mass is 10.0. The molecule has 228 valence electrons. The van der Waals surface area contributed by atoms with Crippen LogP contribution in [-0.2, 0) is 36.8 Å². The van der Waals surface area contributed by atoms with Crippen LogP contribution in [0.2, 0.25) is 0 Å². The number of hydrogen-bond acceptors (Lipinski definition) is 8. The van der Waals surface area contributed by atoms with E-state index in [0.717, 1.165) is 11.1 Å². The molecule has 0 aliphatic carbocycles. The van der Waals surface area contributed by atoms with Crippen molar-refractivity contribution in [1.82, 2.24) is 21.3 Å². The SMILES string of the molecule is CC(C)CC(NC(=O)OCC(Cc1ccccc1)NC(=O)CNC(=O)CNC(=O)[C@@H](N)Cc1ccc(O)cc1)C(N)=O. The summed E-state index contributed by atoms with van der Waals surface area (Å²) in [7, 11) is 0. The van der Waals surface area contributed by atoms with Gasteiger partial charge >= 0.3 is 6.09 Å². The predicted octanol–water partition coefficient (Wildman–Crippen LogP) is -0.152. The first kappa shape index (κ1) is 33.6. The number of rotatable bonds is 16. The predicted molar refractivity (Wildman–Crippen MR) is 155 cm³/mol. The van der Waals surface area contributed by atoms with Crippen molar-refractivity contribution in [3.8, 4) is 5.75 Å². The number of aromatic hydroxyl groups is 1. The van der Waals surface area contributed by atoms with E-state index in [1.54, 1.807) is 12.1 Å². The minimum absolute atomic E-state index is 0.0948. The van der Waals surface area contributed by atoms with Crippen LogP contribution >= 0.6 is 0 Å². The Morgan fingerprint density at radius 3 is 2.07 bits per heavy atom. The summed E-state index contributed by atoms with van der Waals surface area (Å²) in [6.07, 6.45) is 0.0343. The number of primary amides is 1. The maximum Gasteiger partial charge on any atom is 0.407 e. The molecule has 3 atom stereocenters. The average Bonchev–Trinajstić information content (AvgIpc) is 2.94. The molecule has 0 aliphatic rings. The van der Waals surface area contributed by atoms with Gasteiger partial charge in [0.2, 0.25) is 23.6 Å². The van der Waals surface area contributed by atoms with E-state index >= 15 is 0 Å². The summed E-state index contributed by atoms with van der Waals surface area (Å²) in [6.45, 7) is 2.79. The van der Waals surface area contributed by atoms with Crippen LogP contribution in [0.4, 0.5) is 4.79 Å². The number of phenols is 1. The van der Waals surface area contributed by atoms with E-state index in [0.29, 0.717) is 12.8 Å². The van der Waals surface area contributed by atoms with Crippen LogP contribution in [0.5, 0.6) is 5.75 Å². The molecular weight excluding hydrogens is 544 g/mol. The zero-order valence-corrected chi connectivity index (χ0v) is 23.8. The molecule has 0 bridgehead atoms. The summed E-state index contributed by atoms with van der Waals surface area (Å²) in [5.74, 6) is -2.17. The minimum Gasteiger partial charge on any atom is -0.508 e. The molecule has 13 nitrogen and oxygen atoms in total. The highest BCUT2D eigenvalue weighted by Gasteiger charge is 2.22. The van der Waals surface area contributed by atoms with Gasteiger partial charge in [0.15, 0.2) is 0 Å². The van der Waals surface area contributed by atoms with Crippen molar-refractivity contribution < 1.29 is 33.8 Å². The molecule has 2 aromatic rings. The summed E-state index contributed by atoms with van der Waals surface area (Å²) in [5.41, 5.74) is 12.9. The van der Waals surface area contributed by atoms with Crippen molar-refractivity contribution in [2.75, 3.05) is 19.7 Å². The Kier molecular flexibility index (Phi) is 13.8. The summed E-state index contributed by atoms with van der Waals surface area (Å²) >= 11 is 0. The van der Waals surface area contributed by atoms with E-state index in [-0.39, 0.29) is 37.8 Å². The normalized spacial score (nSPS) is 12.9. The zero-order chi connectivity index (χ0) is 31.1. The molecule has 0 spiro atoms. The van der Waals surface area contributed by atoms with Gasteiger partial charge in [-0.1, -0.05) is 56.3 Å². The van der Waals surface area contributed by atoms with Crippen LogP contribution in [0.25, 0.3) is 0 Å². The molecule has 0 heterocycles. The van der Waals surface area contributed by atoms with Gasteiger partial charge in [0.1, 0.15) is 18.4 Å². The highest BCUT2D eigenvalue weighted by Crippen LogP contribution is 2.11. The highest BCUT2D eigenvalue weighted by molar-refractivity contribution is 5.89. The zero-order valence-electron chi connectivity index (χ0n) is 23.8. The molecule has 13 heteroatoms. The molecule has 0 saturated carbocycles. The van der Waals surface area contributed by atoms with Gasteiger partial charge in [-0.2, -0.15) is 0 Å². The molecule has 0 fully saturated rings. The van der Waals surface area contributed by atoms with Crippen LogP contribution in [0.1, 0.15) is 31.4 Å². The number of amides is 5. The van der Waals surface area contributed by atoms with Gasteiger partial charge in [0.25, 0.3) is 0 Å². The molecule has 2 unspecified atom stereocenters. The minimum atomic E-state index is -0.912. The van der Waals surface area contributed by atoms with Crippen molar-refractivity contribution in [3.63, 3.8) is 0 Å². The molecule has 0 aromatic heterocycles. The summed E-state index contributed by atoms with van der Waals surface area (Å²) in [5, 5.41) is 19.4. The summed E-state index contributed by atoms with van der Waals surface area (Å²) in [6, 6.07) is 13.0. The lowest BCUT2D eigenvalue weighted by Gasteiger charge is -2.21. The number of ether oxygens (including phenoxy) is 1. The summed E-state index contributed by atoms with van der Waals surface area (Å²) < 4.78 is 5.27. The van der Waals surface area contributed by atoms with Crippen LogP contribution in [0.15, 0.2) is 54.6 Å². The standard InChI is InChI=1S/C29H40N6O7/c1-18(2)12-24(27(31)39)35-29(41)42-17-21(13-19-6-4-3-5-7-19)34-26(38)16-32-25(37)15-33-28(40)23(30)14-20-8-10-22(36)11-9-20/h3-11,18,21,23-24,36H,12-17,30H2,1-2H3,(H2,31,39)(H,32,37)(H,33,40)(H,34,38)(H,35,41)/t21?,23-,24?/m0/s1. The molecule has 0 radical (unpaired) electrons. The molecule has 0 saturated heterocycles. The Balaban J connectivity index is 1.83. The second kappa shape index (κ2) is 17.2. The maximum atomic E-state index is 12.6. The average molecular weight is 585 g/mol. The van der Waals surface area contributed by atoms with E-state index in [1.807, 2.05) is 44.2 Å². The molecule has 5 amide bonds. The Labute approximate surface area is 244 Å². The lowest BCUT2D eigenvalue weighted by Crippen LogP contribution is -2.49. The molecule has 2 rings (SSSR count). The number of nitrogens with one attached hydrogen (secondary N) is 4. The Bertz CT molecular complexity index is 1190. The van der Waals surface area contributed by atoms with Gasteiger partial charge < -0.3 is 42.6 Å². The van der Waals surface area contributed by atoms with Gasteiger partial charge in [-0.3, -0.25) is 19.2 Å². The van der Waals surface area contributed by atoms with E-state index in [1.165, 1.54) is 12.1 Å². The van der Waals surface area contributed by atoms with E-state index in [9.17, 15) is 29.1 Å². The van der Waals surface area contributed by atoms with E-state index in [2.05, 4.69) is 21.3 Å². The van der Waals surface area contributed by atoms with Gasteiger partial charge in [0, 0.05) is 0 Å². The van der Waals surface area contributed by atoms with Crippen LogP contribution in [0.3, 0.4) is 0 Å². The third kappa shape index (κ3) is 13.1. The van der Waals surface area contributed by atoms with E-state index in [4.69, 9.17) is 16.2 Å². The fourth-order valence-corrected chi connectivity index (χ4v) is 3.93. The Hall–Kier alpha value is -4.65. The molecule has 0 aliphatic heterocycles.